The molecule has 0 fully saturated rings. The maximum Gasteiger partial charge on any atom is 0.255 e. The lowest BCUT2D eigenvalue weighted by Crippen LogP contribution is -2.23. The van der Waals surface area contributed by atoms with E-state index < -0.39 is 17.5 Å². The molecule has 4 nitrogen and oxygen atoms in total. The van der Waals surface area contributed by atoms with E-state index in [-0.39, 0.29) is 23.4 Å². The number of halogens is 2. The molecule has 0 spiro atoms. The van der Waals surface area contributed by atoms with Gasteiger partial charge in [0.25, 0.3) is 5.91 Å². The summed E-state index contributed by atoms with van der Waals surface area (Å²) in [6.45, 7) is -0.192. The van der Waals surface area contributed by atoms with Crippen LogP contribution in [-0.4, -0.2) is 16.0 Å². The smallest absolute Gasteiger partial charge is 0.255 e. The number of aromatic hydroxyl groups is 1. The summed E-state index contributed by atoms with van der Waals surface area (Å²) in [5, 5.41) is 13.3. The van der Waals surface area contributed by atoms with Crippen LogP contribution in [0.3, 0.4) is 0 Å². The first-order valence-corrected chi connectivity index (χ1v) is 6.85. The van der Waals surface area contributed by atoms with Crippen LogP contribution in [0.2, 0.25) is 0 Å². The molecule has 0 aliphatic rings. The van der Waals surface area contributed by atoms with Gasteiger partial charge in [-0.3, -0.25) is 9.78 Å². The van der Waals surface area contributed by atoms with E-state index in [0.717, 1.165) is 18.2 Å². The Kier molecular flexibility index (Phi) is 3.89. The van der Waals surface area contributed by atoms with Crippen molar-refractivity contribution in [3.63, 3.8) is 0 Å². The van der Waals surface area contributed by atoms with E-state index >= 15 is 0 Å². The van der Waals surface area contributed by atoms with Gasteiger partial charge in [-0.05, 0) is 30.3 Å². The van der Waals surface area contributed by atoms with Crippen LogP contribution in [0.4, 0.5) is 8.78 Å². The molecular weight excluding hydrogens is 302 g/mol. The average molecular weight is 314 g/mol. The quantitative estimate of drug-likeness (QED) is 0.780. The predicted octanol–water partition coefficient (Wildman–Crippen LogP) is 3.15. The van der Waals surface area contributed by atoms with E-state index in [1.165, 1.54) is 12.3 Å². The van der Waals surface area contributed by atoms with E-state index in [9.17, 15) is 18.7 Å². The molecule has 116 valence electrons. The first-order chi connectivity index (χ1) is 11.1. The summed E-state index contributed by atoms with van der Waals surface area (Å²) in [6, 6.07) is 9.59. The zero-order chi connectivity index (χ0) is 16.4. The Labute approximate surface area is 130 Å². The molecule has 3 rings (SSSR count). The highest BCUT2D eigenvalue weighted by atomic mass is 19.1. The van der Waals surface area contributed by atoms with Gasteiger partial charge in [0, 0.05) is 23.7 Å². The van der Waals surface area contributed by atoms with Gasteiger partial charge in [0.05, 0.1) is 5.56 Å². The Morgan fingerprint density at radius 1 is 1.17 bits per heavy atom. The minimum atomic E-state index is -0.615. The zero-order valence-corrected chi connectivity index (χ0v) is 11.9. The van der Waals surface area contributed by atoms with Crippen molar-refractivity contribution in [2.45, 2.75) is 6.54 Å². The minimum absolute atomic E-state index is 0.0213. The molecule has 23 heavy (non-hydrogen) atoms. The van der Waals surface area contributed by atoms with Crippen LogP contribution in [-0.2, 0) is 6.54 Å². The second kappa shape index (κ2) is 6.00. The fraction of sp³-hybridized carbons (Fsp3) is 0.0588. The molecule has 3 aromatic rings. The van der Waals surface area contributed by atoms with Crippen molar-refractivity contribution in [1.29, 1.82) is 0 Å². The zero-order valence-electron chi connectivity index (χ0n) is 11.9. The molecule has 0 radical (unpaired) electrons. The fourth-order valence-electron chi connectivity index (χ4n) is 2.26. The van der Waals surface area contributed by atoms with Crippen molar-refractivity contribution in [2.75, 3.05) is 0 Å². The van der Waals surface area contributed by atoms with Gasteiger partial charge in [-0.25, -0.2) is 8.78 Å². The first kappa shape index (κ1) is 14.9. The number of fused-ring (bicyclic) bond motifs is 1. The molecule has 0 saturated heterocycles. The second-order valence-electron chi connectivity index (χ2n) is 4.96. The largest absolute Gasteiger partial charge is 0.505 e. The van der Waals surface area contributed by atoms with Crippen LogP contribution in [0.1, 0.15) is 15.9 Å². The van der Waals surface area contributed by atoms with Gasteiger partial charge in [0.1, 0.15) is 17.2 Å². The maximum atomic E-state index is 13.5. The molecule has 1 heterocycles. The van der Waals surface area contributed by atoms with Gasteiger partial charge in [0.2, 0.25) is 0 Å². The van der Waals surface area contributed by atoms with Gasteiger partial charge < -0.3 is 10.4 Å². The normalized spacial score (nSPS) is 10.7. The number of rotatable bonds is 3. The number of benzene rings is 2. The van der Waals surface area contributed by atoms with Crippen molar-refractivity contribution in [3.05, 3.63) is 71.4 Å². The predicted molar refractivity (Wildman–Crippen MR) is 80.9 cm³/mol. The molecular formula is C17H12F2N2O2. The Morgan fingerprint density at radius 2 is 2.00 bits per heavy atom. The number of amides is 1. The maximum absolute atomic E-state index is 13.5. The van der Waals surface area contributed by atoms with Gasteiger partial charge in [-0.2, -0.15) is 0 Å². The molecule has 2 aromatic carbocycles. The Balaban J connectivity index is 1.83. The van der Waals surface area contributed by atoms with Crippen molar-refractivity contribution in [3.8, 4) is 5.75 Å². The molecule has 6 heteroatoms. The molecule has 0 bridgehead atoms. The van der Waals surface area contributed by atoms with Crippen molar-refractivity contribution in [2.24, 2.45) is 0 Å². The third-order valence-electron chi connectivity index (χ3n) is 3.44. The van der Waals surface area contributed by atoms with Gasteiger partial charge in [-0.1, -0.05) is 12.1 Å². The summed E-state index contributed by atoms with van der Waals surface area (Å²) in [5.41, 5.74) is 0.349. The minimum Gasteiger partial charge on any atom is -0.505 e. The van der Waals surface area contributed by atoms with Crippen LogP contribution in [0.25, 0.3) is 10.9 Å². The van der Waals surface area contributed by atoms with Crippen molar-refractivity contribution in [1.82, 2.24) is 10.3 Å². The summed E-state index contributed by atoms with van der Waals surface area (Å²) in [6.07, 6.45) is 1.51. The molecule has 2 N–H and O–H groups in total. The Hall–Kier alpha value is -3.02. The highest BCUT2D eigenvalue weighted by molar-refractivity contribution is 6.02. The highest BCUT2D eigenvalue weighted by Crippen LogP contribution is 2.26. The SMILES string of the molecule is O=C(NCc1cc(F)ccc1F)c1ccc2cccnc2c1O. The summed E-state index contributed by atoms with van der Waals surface area (Å²) >= 11 is 0. The third-order valence-corrected chi connectivity index (χ3v) is 3.44. The number of pyridine rings is 1. The second-order valence-corrected chi connectivity index (χ2v) is 4.96. The summed E-state index contributed by atoms with van der Waals surface area (Å²) in [4.78, 5) is 16.2. The third kappa shape index (κ3) is 2.96. The lowest BCUT2D eigenvalue weighted by Gasteiger charge is -2.09. The highest BCUT2D eigenvalue weighted by Gasteiger charge is 2.15. The topological polar surface area (TPSA) is 62.2 Å². The molecule has 1 amide bonds. The molecule has 0 aliphatic heterocycles. The lowest BCUT2D eigenvalue weighted by atomic mass is 10.1. The van der Waals surface area contributed by atoms with Crippen molar-refractivity contribution >= 4 is 16.8 Å². The van der Waals surface area contributed by atoms with E-state index in [4.69, 9.17) is 0 Å². The van der Waals surface area contributed by atoms with Crippen LogP contribution >= 0.6 is 0 Å². The number of nitrogens with one attached hydrogen (secondary N) is 1. The van der Waals surface area contributed by atoms with Crippen molar-refractivity contribution < 1.29 is 18.7 Å². The first-order valence-electron chi connectivity index (χ1n) is 6.85. The molecule has 0 saturated carbocycles. The van der Waals surface area contributed by atoms with Crippen LogP contribution in [0.5, 0.6) is 5.75 Å². The molecule has 1 aromatic heterocycles. The number of hydrogen-bond donors (Lipinski definition) is 2. The van der Waals surface area contributed by atoms with Gasteiger partial charge >= 0.3 is 0 Å². The number of carbonyl (C=O) groups excluding carboxylic acids is 1. The number of phenolic OH excluding ortho intramolecular Hbond substituents is 1. The van der Waals surface area contributed by atoms with Gasteiger partial charge in [0.15, 0.2) is 5.75 Å². The van der Waals surface area contributed by atoms with E-state index in [0.29, 0.717) is 10.9 Å². The summed E-state index contributed by atoms with van der Waals surface area (Å²) in [7, 11) is 0. The Morgan fingerprint density at radius 3 is 2.83 bits per heavy atom. The van der Waals surface area contributed by atoms with E-state index in [1.807, 2.05) is 0 Å². The summed E-state index contributed by atoms with van der Waals surface area (Å²) < 4.78 is 26.6. The molecule has 0 aliphatic carbocycles. The average Bonchev–Trinajstić information content (AvgIpc) is 2.56. The number of aromatic nitrogens is 1. The Bertz CT molecular complexity index is 897. The number of carbonyl (C=O) groups is 1. The number of hydrogen-bond acceptors (Lipinski definition) is 3. The number of nitrogens with zero attached hydrogens (tertiary/aromatic N) is 1. The monoisotopic (exact) mass is 314 g/mol. The number of phenols is 1. The van der Waals surface area contributed by atoms with Crippen LogP contribution in [0.15, 0.2) is 48.7 Å². The lowest BCUT2D eigenvalue weighted by molar-refractivity contribution is 0.0948. The van der Waals surface area contributed by atoms with Gasteiger partial charge in [-0.15, -0.1) is 0 Å². The van der Waals surface area contributed by atoms with Crippen LogP contribution < -0.4 is 5.32 Å². The standard InChI is InChI=1S/C17H12F2N2O2/c18-12-4-6-14(19)11(8-12)9-21-17(23)13-5-3-10-2-1-7-20-15(10)16(13)22/h1-8,22H,9H2,(H,21,23). The molecule has 0 atom stereocenters. The molecule has 0 unspecified atom stereocenters. The summed E-state index contributed by atoms with van der Waals surface area (Å²) in [5.74, 6) is -2.05. The fourth-order valence-corrected chi connectivity index (χ4v) is 2.26. The van der Waals surface area contributed by atoms with E-state index in [2.05, 4.69) is 10.3 Å². The van der Waals surface area contributed by atoms with E-state index in [1.54, 1.807) is 18.2 Å². The van der Waals surface area contributed by atoms with Crippen LogP contribution in [0, 0.1) is 11.6 Å².